The van der Waals surface area contributed by atoms with Gasteiger partial charge in [0.25, 0.3) is 0 Å². The molecule has 0 radical (unpaired) electrons. The minimum absolute atomic E-state index is 0.0618. The third-order valence-electron chi connectivity index (χ3n) is 3.65. The lowest BCUT2D eigenvalue weighted by Gasteiger charge is -2.31. The summed E-state index contributed by atoms with van der Waals surface area (Å²) < 4.78 is 40.0. The Balaban J connectivity index is 2.29. The van der Waals surface area contributed by atoms with Crippen LogP contribution in [0.1, 0.15) is 27.2 Å². The van der Waals surface area contributed by atoms with Gasteiger partial charge in [0.05, 0.1) is 4.90 Å². The molecule has 21 heavy (non-hydrogen) atoms. The molecule has 0 fully saturated rings. The molecule has 116 valence electrons. The van der Waals surface area contributed by atoms with E-state index in [1.165, 1.54) is 22.0 Å². The van der Waals surface area contributed by atoms with E-state index in [1.807, 2.05) is 6.08 Å². The summed E-state index contributed by atoms with van der Waals surface area (Å²) in [6, 6.07) is 3.64. The maximum Gasteiger partial charge on any atom is 0.244 e. The number of benzene rings is 1. The van der Waals surface area contributed by atoms with Crippen LogP contribution in [0.5, 0.6) is 0 Å². The van der Waals surface area contributed by atoms with Crippen molar-refractivity contribution in [3.63, 3.8) is 0 Å². The van der Waals surface area contributed by atoms with Crippen molar-refractivity contribution in [2.75, 3.05) is 13.1 Å². The monoisotopic (exact) mass is 375 g/mol. The van der Waals surface area contributed by atoms with Gasteiger partial charge in [-0.25, -0.2) is 12.8 Å². The van der Waals surface area contributed by atoms with Gasteiger partial charge in [0, 0.05) is 17.6 Å². The highest BCUT2D eigenvalue weighted by atomic mass is 79.9. The Morgan fingerprint density at radius 3 is 2.43 bits per heavy atom. The van der Waals surface area contributed by atoms with Crippen LogP contribution in [0.25, 0.3) is 0 Å². The SMILES string of the molecule is CC(C)(C)C1=CCN(S(=O)(=O)c2ccc(F)cc2Br)CC1. The minimum atomic E-state index is -3.60. The van der Waals surface area contributed by atoms with E-state index in [0.717, 1.165) is 12.5 Å². The first-order valence-electron chi connectivity index (χ1n) is 6.77. The standard InChI is InChI=1S/C15H19BrFNO2S/c1-15(2,3)11-6-8-18(9-7-11)21(19,20)14-5-4-12(17)10-13(14)16/h4-6,10H,7-9H2,1-3H3. The predicted molar refractivity (Wildman–Crippen MR) is 85.0 cm³/mol. The number of nitrogens with zero attached hydrogens (tertiary/aromatic N) is 1. The lowest BCUT2D eigenvalue weighted by molar-refractivity contribution is 0.389. The zero-order valence-corrected chi connectivity index (χ0v) is 14.8. The van der Waals surface area contributed by atoms with Gasteiger partial charge in [-0.05, 0) is 46.0 Å². The average Bonchev–Trinajstić information content (AvgIpc) is 2.37. The van der Waals surface area contributed by atoms with Crippen LogP contribution in [-0.2, 0) is 10.0 Å². The smallest absolute Gasteiger partial charge is 0.207 e. The van der Waals surface area contributed by atoms with Crippen molar-refractivity contribution in [1.82, 2.24) is 4.31 Å². The van der Waals surface area contributed by atoms with Gasteiger partial charge in [-0.1, -0.05) is 32.4 Å². The fraction of sp³-hybridized carbons (Fsp3) is 0.467. The molecule has 3 nitrogen and oxygen atoms in total. The summed E-state index contributed by atoms with van der Waals surface area (Å²) in [5.74, 6) is -0.464. The summed E-state index contributed by atoms with van der Waals surface area (Å²) in [5, 5.41) is 0. The molecule has 0 bridgehead atoms. The molecular weight excluding hydrogens is 357 g/mol. The number of halogens is 2. The van der Waals surface area contributed by atoms with Crippen LogP contribution >= 0.6 is 15.9 Å². The van der Waals surface area contributed by atoms with Crippen molar-refractivity contribution in [3.05, 3.63) is 40.1 Å². The van der Waals surface area contributed by atoms with E-state index in [9.17, 15) is 12.8 Å². The summed E-state index contributed by atoms with van der Waals surface area (Å²) in [6.45, 7) is 7.19. The average molecular weight is 376 g/mol. The number of rotatable bonds is 2. The zero-order chi connectivity index (χ0) is 15.8. The molecule has 1 aromatic carbocycles. The highest BCUT2D eigenvalue weighted by Gasteiger charge is 2.30. The van der Waals surface area contributed by atoms with E-state index in [-0.39, 0.29) is 14.8 Å². The third kappa shape index (κ3) is 3.55. The highest BCUT2D eigenvalue weighted by molar-refractivity contribution is 9.10. The summed E-state index contributed by atoms with van der Waals surface area (Å²) in [5.41, 5.74) is 1.33. The minimum Gasteiger partial charge on any atom is -0.207 e. The van der Waals surface area contributed by atoms with E-state index in [0.29, 0.717) is 13.1 Å². The summed E-state index contributed by atoms with van der Waals surface area (Å²) in [6.07, 6.45) is 2.71. The van der Waals surface area contributed by atoms with Gasteiger partial charge in [0.1, 0.15) is 5.82 Å². The van der Waals surface area contributed by atoms with Gasteiger partial charge < -0.3 is 0 Å². The van der Waals surface area contributed by atoms with Gasteiger partial charge in [-0.2, -0.15) is 4.31 Å². The van der Waals surface area contributed by atoms with E-state index in [4.69, 9.17) is 0 Å². The maximum atomic E-state index is 13.1. The molecule has 0 aromatic heterocycles. The van der Waals surface area contributed by atoms with Crippen molar-refractivity contribution < 1.29 is 12.8 Å². The van der Waals surface area contributed by atoms with Crippen molar-refractivity contribution in [2.24, 2.45) is 5.41 Å². The molecule has 1 heterocycles. The van der Waals surface area contributed by atoms with Gasteiger partial charge >= 0.3 is 0 Å². The van der Waals surface area contributed by atoms with Gasteiger partial charge in [-0.15, -0.1) is 0 Å². The molecule has 0 atom stereocenters. The molecule has 0 aliphatic carbocycles. The Labute approximate surface area is 134 Å². The van der Waals surface area contributed by atoms with Gasteiger partial charge in [0.2, 0.25) is 10.0 Å². The van der Waals surface area contributed by atoms with E-state index >= 15 is 0 Å². The normalized spacial score (nSPS) is 17.7. The van der Waals surface area contributed by atoms with Crippen LogP contribution < -0.4 is 0 Å². The fourth-order valence-electron chi connectivity index (χ4n) is 2.37. The van der Waals surface area contributed by atoms with E-state index in [1.54, 1.807) is 0 Å². The van der Waals surface area contributed by atoms with Crippen molar-refractivity contribution >= 4 is 26.0 Å². The van der Waals surface area contributed by atoms with Crippen molar-refractivity contribution in [2.45, 2.75) is 32.1 Å². The fourth-order valence-corrected chi connectivity index (χ4v) is 4.76. The first-order chi connectivity index (χ1) is 9.62. The van der Waals surface area contributed by atoms with Crippen LogP contribution in [0.2, 0.25) is 0 Å². The van der Waals surface area contributed by atoms with Gasteiger partial charge in [-0.3, -0.25) is 0 Å². The second-order valence-electron chi connectivity index (χ2n) is 6.17. The molecule has 1 aliphatic heterocycles. The summed E-state index contributed by atoms with van der Waals surface area (Å²) >= 11 is 3.13. The quantitative estimate of drug-likeness (QED) is 0.733. The number of sulfonamides is 1. The van der Waals surface area contributed by atoms with E-state index < -0.39 is 15.8 Å². The maximum absolute atomic E-state index is 13.1. The molecule has 0 spiro atoms. The number of hydrogen-bond acceptors (Lipinski definition) is 2. The van der Waals surface area contributed by atoms with Gasteiger partial charge in [0.15, 0.2) is 0 Å². The summed E-state index contributed by atoms with van der Waals surface area (Å²) in [7, 11) is -3.60. The van der Waals surface area contributed by atoms with Crippen LogP contribution in [0.3, 0.4) is 0 Å². The van der Waals surface area contributed by atoms with Crippen LogP contribution in [0.4, 0.5) is 4.39 Å². The topological polar surface area (TPSA) is 37.4 Å². The number of hydrogen-bond donors (Lipinski definition) is 0. The van der Waals surface area contributed by atoms with Crippen LogP contribution in [0, 0.1) is 11.2 Å². The largest absolute Gasteiger partial charge is 0.244 e. The molecule has 2 rings (SSSR count). The molecule has 6 heteroatoms. The molecule has 0 saturated carbocycles. The first-order valence-corrected chi connectivity index (χ1v) is 9.00. The Kier molecular flexibility index (Phi) is 4.61. The Morgan fingerprint density at radius 1 is 1.29 bits per heavy atom. The summed E-state index contributed by atoms with van der Waals surface area (Å²) in [4.78, 5) is 0.108. The molecular formula is C15H19BrFNO2S. The van der Waals surface area contributed by atoms with Crippen molar-refractivity contribution in [1.29, 1.82) is 0 Å². The Bertz CT molecular complexity index is 677. The third-order valence-corrected chi connectivity index (χ3v) is 6.49. The first kappa shape index (κ1) is 16.6. The molecule has 1 aromatic rings. The van der Waals surface area contributed by atoms with Crippen LogP contribution in [-0.4, -0.2) is 25.8 Å². The molecule has 1 aliphatic rings. The lowest BCUT2D eigenvalue weighted by atomic mass is 9.83. The molecule has 0 saturated heterocycles. The Hall–Kier alpha value is -0.720. The molecule has 0 unspecified atom stereocenters. The predicted octanol–water partition coefficient (Wildman–Crippen LogP) is 3.96. The zero-order valence-electron chi connectivity index (χ0n) is 12.4. The lowest BCUT2D eigenvalue weighted by Crippen LogP contribution is -2.36. The molecule has 0 amide bonds. The highest BCUT2D eigenvalue weighted by Crippen LogP contribution is 2.33. The molecule has 0 N–H and O–H groups in total. The second kappa shape index (κ2) is 5.82. The van der Waals surface area contributed by atoms with Crippen LogP contribution in [0.15, 0.2) is 39.2 Å². The van der Waals surface area contributed by atoms with E-state index in [2.05, 4.69) is 36.7 Å². The second-order valence-corrected chi connectivity index (χ2v) is 8.93. The Morgan fingerprint density at radius 2 is 1.95 bits per heavy atom. The van der Waals surface area contributed by atoms with Crippen molar-refractivity contribution in [3.8, 4) is 0 Å².